The van der Waals surface area contributed by atoms with Crippen molar-refractivity contribution in [2.24, 2.45) is 5.73 Å². The van der Waals surface area contributed by atoms with Crippen LogP contribution in [-0.4, -0.2) is 49.4 Å². The highest BCUT2D eigenvalue weighted by atomic mass is 16.5. The SMILES string of the molecule is COCCCNc1cc(N2CCC(N)C2)nc(C)n1. The van der Waals surface area contributed by atoms with Crippen molar-refractivity contribution in [2.75, 3.05) is 43.6 Å². The summed E-state index contributed by atoms with van der Waals surface area (Å²) in [6.07, 6.45) is 1.99. The molecule has 0 radical (unpaired) electrons. The summed E-state index contributed by atoms with van der Waals surface area (Å²) in [7, 11) is 1.71. The molecule has 1 aliphatic rings. The molecule has 0 saturated carbocycles. The molecule has 0 amide bonds. The molecule has 0 spiro atoms. The molecule has 0 bridgehead atoms. The summed E-state index contributed by atoms with van der Waals surface area (Å²) in [5.74, 6) is 2.63. The van der Waals surface area contributed by atoms with Gasteiger partial charge in [0.2, 0.25) is 0 Å². The lowest BCUT2D eigenvalue weighted by Crippen LogP contribution is -2.27. The zero-order valence-electron chi connectivity index (χ0n) is 11.7. The molecule has 6 nitrogen and oxygen atoms in total. The summed E-state index contributed by atoms with van der Waals surface area (Å²) < 4.78 is 5.03. The van der Waals surface area contributed by atoms with E-state index in [1.54, 1.807) is 7.11 Å². The highest BCUT2D eigenvalue weighted by Crippen LogP contribution is 2.20. The number of hydrogen-bond acceptors (Lipinski definition) is 6. The van der Waals surface area contributed by atoms with E-state index in [9.17, 15) is 0 Å². The number of aryl methyl sites for hydroxylation is 1. The van der Waals surface area contributed by atoms with Crippen molar-refractivity contribution in [1.82, 2.24) is 9.97 Å². The van der Waals surface area contributed by atoms with Crippen LogP contribution in [0.1, 0.15) is 18.7 Å². The van der Waals surface area contributed by atoms with Gasteiger partial charge >= 0.3 is 0 Å². The molecule has 0 aromatic carbocycles. The fourth-order valence-corrected chi connectivity index (χ4v) is 2.23. The van der Waals surface area contributed by atoms with E-state index >= 15 is 0 Å². The van der Waals surface area contributed by atoms with Gasteiger partial charge in [0.15, 0.2) is 0 Å². The first-order valence-corrected chi connectivity index (χ1v) is 6.78. The molecule has 19 heavy (non-hydrogen) atoms. The summed E-state index contributed by atoms with van der Waals surface area (Å²) >= 11 is 0. The number of nitrogens with one attached hydrogen (secondary N) is 1. The first-order valence-electron chi connectivity index (χ1n) is 6.78. The van der Waals surface area contributed by atoms with E-state index in [-0.39, 0.29) is 6.04 Å². The molecule has 106 valence electrons. The van der Waals surface area contributed by atoms with Crippen molar-refractivity contribution in [1.29, 1.82) is 0 Å². The van der Waals surface area contributed by atoms with Crippen LogP contribution in [0.5, 0.6) is 0 Å². The fourth-order valence-electron chi connectivity index (χ4n) is 2.23. The van der Waals surface area contributed by atoms with E-state index in [4.69, 9.17) is 10.5 Å². The average Bonchev–Trinajstić information content (AvgIpc) is 2.81. The Labute approximate surface area is 114 Å². The minimum Gasteiger partial charge on any atom is -0.385 e. The number of anilines is 2. The van der Waals surface area contributed by atoms with Crippen LogP contribution in [0, 0.1) is 6.92 Å². The van der Waals surface area contributed by atoms with Gasteiger partial charge in [0.05, 0.1) is 0 Å². The van der Waals surface area contributed by atoms with E-state index in [1.807, 2.05) is 13.0 Å². The Kier molecular flexibility index (Phi) is 4.93. The molecule has 3 N–H and O–H groups in total. The molecule has 1 saturated heterocycles. The smallest absolute Gasteiger partial charge is 0.134 e. The predicted molar refractivity (Wildman–Crippen MR) is 76.6 cm³/mol. The second-order valence-corrected chi connectivity index (χ2v) is 4.93. The standard InChI is InChI=1S/C13H23N5O/c1-10-16-12(15-5-3-7-19-2)8-13(17-10)18-6-4-11(14)9-18/h8,11H,3-7,9,14H2,1-2H3,(H,15,16,17). The van der Waals surface area contributed by atoms with Gasteiger partial charge in [-0.25, -0.2) is 9.97 Å². The number of hydrogen-bond donors (Lipinski definition) is 2. The molecule has 1 unspecified atom stereocenters. The van der Waals surface area contributed by atoms with E-state index in [0.29, 0.717) is 0 Å². The number of nitrogens with zero attached hydrogens (tertiary/aromatic N) is 3. The zero-order chi connectivity index (χ0) is 13.7. The van der Waals surface area contributed by atoms with Crippen molar-refractivity contribution in [3.05, 3.63) is 11.9 Å². The van der Waals surface area contributed by atoms with Crippen molar-refractivity contribution in [2.45, 2.75) is 25.8 Å². The minimum absolute atomic E-state index is 0.258. The molecular weight excluding hydrogens is 242 g/mol. The van der Waals surface area contributed by atoms with Crippen molar-refractivity contribution in [3.8, 4) is 0 Å². The number of nitrogens with two attached hydrogens (primary N) is 1. The Balaban J connectivity index is 1.98. The lowest BCUT2D eigenvalue weighted by molar-refractivity contribution is 0.198. The van der Waals surface area contributed by atoms with Gasteiger partial charge in [-0.3, -0.25) is 0 Å². The third-order valence-electron chi connectivity index (χ3n) is 3.20. The summed E-state index contributed by atoms with van der Waals surface area (Å²) in [6, 6.07) is 2.26. The van der Waals surface area contributed by atoms with Crippen LogP contribution in [0.4, 0.5) is 11.6 Å². The Bertz CT molecular complexity index is 412. The molecule has 2 heterocycles. The maximum absolute atomic E-state index is 5.94. The maximum atomic E-state index is 5.94. The molecule has 1 fully saturated rings. The number of ether oxygens (including phenoxy) is 1. The van der Waals surface area contributed by atoms with Crippen LogP contribution in [0.2, 0.25) is 0 Å². The quantitative estimate of drug-likeness (QED) is 0.740. The third kappa shape index (κ3) is 4.04. The van der Waals surface area contributed by atoms with Crippen molar-refractivity contribution < 1.29 is 4.74 Å². The van der Waals surface area contributed by atoms with Gasteiger partial charge in [-0.2, -0.15) is 0 Å². The number of rotatable bonds is 6. The Morgan fingerprint density at radius 2 is 2.37 bits per heavy atom. The summed E-state index contributed by atoms with van der Waals surface area (Å²) in [6.45, 7) is 5.37. The van der Waals surface area contributed by atoms with Gasteiger partial charge in [-0.1, -0.05) is 0 Å². The lowest BCUT2D eigenvalue weighted by Gasteiger charge is -2.18. The third-order valence-corrected chi connectivity index (χ3v) is 3.20. The van der Waals surface area contributed by atoms with Crippen molar-refractivity contribution >= 4 is 11.6 Å². The maximum Gasteiger partial charge on any atom is 0.134 e. The van der Waals surface area contributed by atoms with E-state index in [1.165, 1.54) is 0 Å². The highest BCUT2D eigenvalue weighted by Gasteiger charge is 2.20. The van der Waals surface area contributed by atoms with Crippen molar-refractivity contribution in [3.63, 3.8) is 0 Å². The fraction of sp³-hybridized carbons (Fsp3) is 0.692. The van der Waals surface area contributed by atoms with Crippen LogP contribution in [0.3, 0.4) is 0 Å². The van der Waals surface area contributed by atoms with Crippen LogP contribution < -0.4 is 16.0 Å². The Morgan fingerprint density at radius 3 is 3.05 bits per heavy atom. The van der Waals surface area contributed by atoms with E-state index in [0.717, 1.165) is 56.5 Å². The lowest BCUT2D eigenvalue weighted by atomic mass is 10.3. The van der Waals surface area contributed by atoms with E-state index < -0.39 is 0 Å². The minimum atomic E-state index is 0.258. The molecular formula is C13H23N5O. The van der Waals surface area contributed by atoms with Gasteiger partial charge in [-0.05, 0) is 19.8 Å². The van der Waals surface area contributed by atoms with E-state index in [2.05, 4.69) is 20.2 Å². The van der Waals surface area contributed by atoms with Crippen LogP contribution in [0.25, 0.3) is 0 Å². The van der Waals surface area contributed by atoms with Gasteiger partial charge in [0, 0.05) is 45.5 Å². The predicted octanol–water partition coefficient (Wildman–Crippen LogP) is 0.771. The van der Waals surface area contributed by atoms with Gasteiger partial charge in [0.1, 0.15) is 17.5 Å². The monoisotopic (exact) mass is 265 g/mol. The molecule has 0 aliphatic carbocycles. The van der Waals surface area contributed by atoms with Gasteiger partial charge in [0.25, 0.3) is 0 Å². The van der Waals surface area contributed by atoms with Gasteiger partial charge in [-0.15, -0.1) is 0 Å². The molecule has 6 heteroatoms. The number of methoxy groups -OCH3 is 1. The first-order chi connectivity index (χ1) is 9.19. The molecule has 1 aromatic heterocycles. The van der Waals surface area contributed by atoms with Crippen LogP contribution in [0.15, 0.2) is 6.07 Å². The normalized spacial score (nSPS) is 18.9. The van der Waals surface area contributed by atoms with Crippen LogP contribution in [-0.2, 0) is 4.74 Å². The van der Waals surface area contributed by atoms with Crippen LogP contribution >= 0.6 is 0 Å². The summed E-state index contributed by atoms with van der Waals surface area (Å²) in [4.78, 5) is 11.1. The largest absolute Gasteiger partial charge is 0.385 e. The molecule has 1 aromatic rings. The topological polar surface area (TPSA) is 76.3 Å². The molecule has 1 atom stereocenters. The summed E-state index contributed by atoms with van der Waals surface area (Å²) in [5, 5.41) is 3.31. The molecule has 2 rings (SSSR count). The second-order valence-electron chi connectivity index (χ2n) is 4.93. The highest BCUT2D eigenvalue weighted by molar-refractivity contribution is 5.50. The zero-order valence-corrected chi connectivity index (χ0v) is 11.7. The number of aromatic nitrogens is 2. The average molecular weight is 265 g/mol. The molecule has 1 aliphatic heterocycles. The first kappa shape index (κ1) is 14.0. The Hall–Kier alpha value is -1.40. The summed E-state index contributed by atoms with van der Waals surface area (Å²) in [5.41, 5.74) is 5.94. The second kappa shape index (κ2) is 6.68. The Morgan fingerprint density at radius 1 is 1.53 bits per heavy atom. The van der Waals surface area contributed by atoms with Gasteiger partial charge < -0.3 is 20.7 Å².